The van der Waals surface area contributed by atoms with E-state index in [4.69, 9.17) is 13.9 Å². The van der Waals surface area contributed by atoms with Gasteiger partial charge in [0.2, 0.25) is 0 Å². The van der Waals surface area contributed by atoms with Crippen molar-refractivity contribution in [2.24, 2.45) is 5.10 Å². The summed E-state index contributed by atoms with van der Waals surface area (Å²) >= 11 is 0. The van der Waals surface area contributed by atoms with Gasteiger partial charge < -0.3 is 19.2 Å². The van der Waals surface area contributed by atoms with Gasteiger partial charge in [0.25, 0.3) is 5.91 Å². The Kier molecular flexibility index (Phi) is 7.42. The van der Waals surface area contributed by atoms with Gasteiger partial charge in [0.1, 0.15) is 17.1 Å². The van der Waals surface area contributed by atoms with Crippen molar-refractivity contribution < 1.29 is 23.5 Å². The molecule has 0 aliphatic rings. The van der Waals surface area contributed by atoms with Gasteiger partial charge in [-0.2, -0.15) is 5.10 Å². The van der Waals surface area contributed by atoms with Crippen LogP contribution in [-0.2, 0) is 4.79 Å². The zero-order valence-electron chi connectivity index (χ0n) is 19.4. The molecule has 178 valence electrons. The van der Waals surface area contributed by atoms with Gasteiger partial charge in [-0.3, -0.25) is 9.59 Å². The second-order valence-corrected chi connectivity index (χ2v) is 7.68. The molecule has 0 bridgehead atoms. The van der Waals surface area contributed by atoms with E-state index in [0.717, 1.165) is 10.9 Å². The zero-order valence-corrected chi connectivity index (χ0v) is 19.4. The number of nitrogens with zero attached hydrogens (tertiary/aromatic N) is 1. The van der Waals surface area contributed by atoms with Crippen LogP contribution in [0.2, 0.25) is 0 Å². The minimum Gasteiger partial charge on any atom is -0.494 e. The molecule has 2 amide bonds. The highest BCUT2D eigenvalue weighted by Crippen LogP contribution is 2.24. The van der Waals surface area contributed by atoms with Crippen LogP contribution in [0.3, 0.4) is 0 Å². The van der Waals surface area contributed by atoms with Gasteiger partial charge in [-0.1, -0.05) is 29.8 Å². The number of hydrogen-bond acceptors (Lipinski definition) is 6. The molecule has 1 heterocycles. The predicted octanol–water partition coefficient (Wildman–Crippen LogP) is 4.92. The minimum absolute atomic E-state index is 0.128. The van der Waals surface area contributed by atoms with Crippen molar-refractivity contribution in [1.29, 1.82) is 0 Å². The molecule has 4 aromatic rings. The Labute approximate surface area is 202 Å². The van der Waals surface area contributed by atoms with Crippen LogP contribution in [0.25, 0.3) is 11.0 Å². The second kappa shape index (κ2) is 11.0. The lowest BCUT2D eigenvalue weighted by atomic mass is 10.2. The summed E-state index contributed by atoms with van der Waals surface area (Å²) in [5.74, 6) is 0.507. The van der Waals surface area contributed by atoms with Crippen LogP contribution in [0.4, 0.5) is 5.69 Å². The molecule has 4 rings (SSSR count). The standard InChI is InChI=1S/C27H25N3O5/c1-3-33-22-12-13-24-20(14-22)15-25(35-24)27(32)30-28-16-19-6-4-5-7-23(19)34-17-26(31)29-21-10-8-18(2)9-11-21/h4-16H,3,17H2,1-2H3,(H,29,31)(H,30,32)/b28-16+. The molecule has 0 aliphatic heterocycles. The number of benzene rings is 3. The van der Waals surface area contributed by atoms with E-state index in [-0.39, 0.29) is 18.3 Å². The Morgan fingerprint density at radius 2 is 1.80 bits per heavy atom. The van der Waals surface area contributed by atoms with E-state index in [9.17, 15) is 9.59 Å². The summed E-state index contributed by atoms with van der Waals surface area (Å²) in [7, 11) is 0. The molecule has 1 aromatic heterocycles. The SMILES string of the molecule is CCOc1ccc2oc(C(=O)N/N=C/c3ccccc3OCC(=O)Nc3ccc(C)cc3)cc2c1. The Hall–Kier alpha value is -4.59. The van der Waals surface area contributed by atoms with E-state index in [2.05, 4.69) is 15.8 Å². The summed E-state index contributed by atoms with van der Waals surface area (Å²) in [5, 5.41) is 7.55. The molecule has 0 aliphatic carbocycles. The monoisotopic (exact) mass is 471 g/mol. The number of furan rings is 1. The first kappa shape index (κ1) is 23.6. The molecule has 8 nitrogen and oxygen atoms in total. The van der Waals surface area contributed by atoms with E-state index < -0.39 is 5.91 Å². The van der Waals surface area contributed by atoms with Crippen LogP contribution in [0, 0.1) is 6.92 Å². The van der Waals surface area contributed by atoms with Crippen LogP contribution in [-0.4, -0.2) is 31.2 Å². The Bertz CT molecular complexity index is 1360. The highest BCUT2D eigenvalue weighted by atomic mass is 16.5. The van der Waals surface area contributed by atoms with Gasteiger partial charge in [-0.25, -0.2) is 5.43 Å². The van der Waals surface area contributed by atoms with Gasteiger partial charge in [-0.15, -0.1) is 0 Å². The van der Waals surface area contributed by atoms with Gasteiger partial charge in [0.15, 0.2) is 12.4 Å². The number of nitrogens with one attached hydrogen (secondary N) is 2. The van der Waals surface area contributed by atoms with Gasteiger partial charge in [-0.05, 0) is 62.4 Å². The first-order valence-electron chi connectivity index (χ1n) is 11.1. The summed E-state index contributed by atoms with van der Waals surface area (Å²) in [6, 6.07) is 21.5. The van der Waals surface area contributed by atoms with Crippen molar-refractivity contribution in [3.8, 4) is 11.5 Å². The van der Waals surface area contributed by atoms with Crippen LogP contribution in [0.5, 0.6) is 11.5 Å². The van der Waals surface area contributed by atoms with Crippen molar-refractivity contribution in [1.82, 2.24) is 5.43 Å². The third-order valence-electron chi connectivity index (χ3n) is 5.01. The molecule has 0 saturated carbocycles. The van der Waals surface area contributed by atoms with Crippen LogP contribution in [0.1, 0.15) is 28.6 Å². The minimum atomic E-state index is -0.494. The number of carbonyl (C=O) groups is 2. The summed E-state index contributed by atoms with van der Waals surface area (Å²) < 4.78 is 16.7. The van der Waals surface area contributed by atoms with Crippen molar-refractivity contribution in [3.63, 3.8) is 0 Å². The molecule has 3 aromatic carbocycles. The molecule has 0 spiro atoms. The van der Waals surface area contributed by atoms with Gasteiger partial charge in [0.05, 0.1) is 12.8 Å². The molecule has 0 fully saturated rings. The number of aryl methyl sites for hydroxylation is 1. The molecule has 2 N–H and O–H groups in total. The normalized spacial score (nSPS) is 10.9. The maximum Gasteiger partial charge on any atom is 0.307 e. The lowest BCUT2D eigenvalue weighted by Crippen LogP contribution is -2.20. The van der Waals surface area contributed by atoms with Crippen molar-refractivity contribution in [2.75, 3.05) is 18.5 Å². The molecular weight excluding hydrogens is 446 g/mol. The molecule has 0 saturated heterocycles. The van der Waals surface area contributed by atoms with E-state index in [1.54, 1.807) is 42.5 Å². The predicted molar refractivity (Wildman–Crippen MR) is 134 cm³/mol. The van der Waals surface area contributed by atoms with E-state index in [0.29, 0.717) is 34.9 Å². The molecular formula is C27H25N3O5. The first-order valence-corrected chi connectivity index (χ1v) is 11.1. The Morgan fingerprint density at radius 3 is 2.60 bits per heavy atom. The van der Waals surface area contributed by atoms with E-state index >= 15 is 0 Å². The fourth-order valence-corrected chi connectivity index (χ4v) is 3.30. The third kappa shape index (κ3) is 6.26. The molecule has 0 unspecified atom stereocenters. The fourth-order valence-electron chi connectivity index (χ4n) is 3.30. The van der Waals surface area contributed by atoms with Crippen LogP contribution >= 0.6 is 0 Å². The third-order valence-corrected chi connectivity index (χ3v) is 5.01. The van der Waals surface area contributed by atoms with Crippen molar-refractivity contribution >= 4 is 34.7 Å². The largest absolute Gasteiger partial charge is 0.494 e. The number of rotatable bonds is 9. The van der Waals surface area contributed by atoms with E-state index in [1.807, 2.05) is 44.2 Å². The topological polar surface area (TPSA) is 102 Å². The zero-order chi connectivity index (χ0) is 24.6. The number of amides is 2. The summed E-state index contributed by atoms with van der Waals surface area (Å²) in [4.78, 5) is 24.7. The molecule has 0 atom stereocenters. The average Bonchev–Trinajstić information content (AvgIpc) is 3.29. The van der Waals surface area contributed by atoms with Gasteiger partial charge >= 0.3 is 5.91 Å². The summed E-state index contributed by atoms with van der Waals surface area (Å²) in [6.45, 7) is 4.26. The number of ether oxygens (including phenoxy) is 2. The summed E-state index contributed by atoms with van der Waals surface area (Å²) in [5.41, 5.74) is 5.42. The average molecular weight is 472 g/mol. The lowest BCUT2D eigenvalue weighted by Gasteiger charge is -2.09. The number of hydrogen-bond donors (Lipinski definition) is 2. The first-order chi connectivity index (χ1) is 17.0. The fraction of sp³-hybridized carbons (Fsp3) is 0.148. The molecule has 0 radical (unpaired) electrons. The van der Waals surface area contributed by atoms with Gasteiger partial charge in [0, 0.05) is 16.6 Å². The maximum absolute atomic E-state index is 12.5. The van der Waals surface area contributed by atoms with Crippen LogP contribution < -0.4 is 20.2 Å². The van der Waals surface area contributed by atoms with Crippen molar-refractivity contribution in [3.05, 3.63) is 89.7 Å². The number of carbonyl (C=O) groups excluding carboxylic acids is 2. The smallest absolute Gasteiger partial charge is 0.307 e. The highest BCUT2D eigenvalue weighted by molar-refractivity contribution is 5.97. The van der Waals surface area contributed by atoms with E-state index in [1.165, 1.54) is 6.21 Å². The lowest BCUT2D eigenvalue weighted by molar-refractivity contribution is -0.118. The number of para-hydroxylation sites is 1. The molecule has 35 heavy (non-hydrogen) atoms. The quantitative estimate of drug-likeness (QED) is 0.266. The highest BCUT2D eigenvalue weighted by Gasteiger charge is 2.12. The Balaban J connectivity index is 1.35. The number of anilines is 1. The number of fused-ring (bicyclic) bond motifs is 1. The number of hydrazone groups is 1. The van der Waals surface area contributed by atoms with Crippen molar-refractivity contribution in [2.45, 2.75) is 13.8 Å². The van der Waals surface area contributed by atoms with Crippen LogP contribution in [0.15, 0.2) is 82.3 Å². The molecule has 8 heteroatoms. The maximum atomic E-state index is 12.5. The summed E-state index contributed by atoms with van der Waals surface area (Å²) in [6.07, 6.45) is 1.45. The second-order valence-electron chi connectivity index (χ2n) is 7.68. The Morgan fingerprint density at radius 1 is 1.00 bits per heavy atom.